The van der Waals surface area contributed by atoms with Gasteiger partial charge in [-0.3, -0.25) is 9.59 Å². The Morgan fingerprint density at radius 1 is 1.12 bits per heavy atom. The number of carbonyl (C=O) groups is 3. The molecule has 0 aromatic rings. The molecule has 1 unspecified atom stereocenters. The number of unbranched alkanes of at least 4 members (excludes halogenated alkanes) is 4. The Bertz CT molecular complexity index is 691. The minimum atomic E-state index is -0.892. The summed E-state index contributed by atoms with van der Waals surface area (Å²) in [5.74, 6) is -0.187. The Morgan fingerprint density at radius 3 is 2.47 bits per heavy atom. The van der Waals surface area contributed by atoms with E-state index in [4.69, 9.17) is 9.47 Å². The van der Waals surface area contributed by atoms with Crippen molar-refractivity contribution >= 4 is 17.7 Å². The molecule has 0 radical (unpaired) electrons. The maximum absolute atomic E-state index is 12.9. The Kier molecular flexibility index (Phi) is 14.0. The molecule has 0 bridgehead atoms. The van der Waals surface area contributed by atoms with Gasteiger partial charge in [-0.05, 0) is 71.3 Å². The fourth-order valence-corrected chi connectivity index (χ4v) is 4.42. The topological polar surface area (TPSA) is 81.7 Å². The molecule has 4 atom stereocenters. The molecular formula is C28H47NO5. The average Bonchev–Trinajstić information content (AvgIpc) is 3.06. The Hall–Kier alpha value is -1.95. The summed E-state index contributed by atoms with van der Waals surface area (Å²) in [7, 11) is 1.28. The number of methoxy groups -OCH3 is 1. The molecule has 1 rings (SSSR count). The SMILES string of the molecule is CCCCCC/C=C/[C@H]1[C@H](CNC(C)(C)C)CC(=O)[C@@H]1C/C=C\CCC(OC(C)=O)C(=O)OC. The van der Waals surface area contributed by atoms with Crippen molar-refractivity contribution in [3.8, 4) is 0 Å². The van der Waals surface area contributed by atoms with Crippen LogP contribution in [0.1, 0.15) is 92.4 Å². The van der Waals surface area contributed by atoms with E-state index < -0.39 is 18.0 Å². The Morgan fingerprint density at radius 2 is 1.85 bits per heavy atom. The molecule has 1 fully saturated rings. The minimum Gasteiger partial charge on any atom is -0.466 e. The third-order valence-corrected chi connectivity index (χ3v) is 6.29. The van der Waals surface area contributed by atoms with Gasteiger partial charge < -0.3 is 14.8 Å². The van der Waals surface area contributed by atoms with E-state index in [-0.39, 0.29) is 17.4 Å². The fraction of sp³-hybridized carbons (Fsp3) is 0.750. The normalized spacial score (nSPS) is 21.9. The van der Waals surface area contributed by atoms with Crippen molar-refractivity contribution < 1.29 is 23.9 Å². The van der Waals surface area contributed by atoms with Crippen molar-refractivity contribution in [3.05, 3.63) is 24.3 Å². The minimum absolute atomic E-state index is 0.0141. The maximum Gasteiger partial charge on any atom is 0.347 e. The van der Waals surface area contributed by atoms with Crippen LogP contribution in [0.2, 0.25) is 0 Å². The highest BCUT2D eigenvalue weighted by molar-refractivity contribution is 5.84. The molecule has 1 aliphatic carbocycles. The van der Waals surface area contributed by atoms with Crippen LogP contribution >= 0.6 is 0 Å². The lowest BCUT2D eigenvalue weighted by atomic mass is 9.86. The van der Waals surface area contributed by atoms with Gasteiger partial charge in [0.1, 0.15) is 5.78 Å². The molecule has 0 amide bonds. The van der Waals surface area contributed by atoms with Crippen LogP contribution in [0.15, 0.2) is 24.3 Å². The molecule has 0 spiro atoms. The predicted molar refractivity (Wildman–Crippen MR) is 136 cm³/mol. The molecule has 34 heavy (non-hydrogen) atoms. The van der Waals surface area contributed by atoms with Crippen LogP contribution in [0.5, 0.6) is 0 Å². The predicted octanol–water partition coefficient (Wildman–Crippen LogP) is 5.55. The van der Waals surface area contributed by atoms with E-state index in [1.165, 1.54) is 39.7 Å². The van der Waals surface area contributed by atoms with Gasteiger partial charge in [0.15, 0.2) is 6.10 Å². The Balaban J connectivity index is 2.73. The van der Waals surface area contributed by atoms with Crippen LogP contribution in [0.25, 0.3) is 0 Å². The van der Waals surface area contributed by atoms with Crippen LogP contribution in [-0.4, -0.2) is 43.0 Å². The summed E-state index contributed by atoms with van der Waals surface area (Å²) in [4.78, 5) is 35.9. The second kappa shape index (κ2) is 15.9. The van der Waals surface area contributed by atoms with E-state index >= 15 is 0 Å². The highest BCUT2D eigenvalue weighted by Crippen LogP contribution is 2.38. The van der Waals surface area contributed by atoms with Gasteiger partial charge in [0.05, 0.1) is 7.11 Å². The van der Waals surface area contributed by atoms with Crippen molar-refractivity contribution in [2.45, 2.75) is 104 Å². The molecule has 1 aliphatic rings. The molecule has 6 heteroatoms. The van der Waals surface area contributed by atoms with Crippen LogP contribution in [0, 0.1) is 17.8 Å². The fourth-order valence-electron chi connectivity index (χ4n) is 4.42. The molecule has 0 heterocycles. The molecule has 1 N–H and O–H groups in total. The molecule has 0 aromatic carbocycles. The Labute approximate surface area is 206 Å². The van der Waals surface area contributed by atoms with Crippen LogP contribution in [0.4, 0.5) is 0 Å². The number of rotatable bonds is 15. The highest BCUT2D eigenvalue weighted by atomic mass is 16.6. The van der Waals surface area contributed by atoms with Crippen LogP contribution in [-0.2, 0) is 23.9 Å². The van der Waals surface area contributed by atoms with Gasteiger partial charge in [-0.2, -0.15) is 0 Å². The van der Waals surface area contributed by atoms with Gasteiger partial charge in [-0.15, -0.1) is 0 Å². The standard InChI is InChI=1S/C28H47NO5/c1-7-8-9-10-11-13-16-23-22(20-29-28(3,4)5)19-25(31)24(23)17-14-12-15-18-26(27(32)33-6)34-21(2)30/h12-14,16,22-24,26,29H,7-11,15,17-20H2,1-6H3/b14-12-,16-13+/t22-,23-,24+,26?/m0/s1. The van der Waals surface area contributed by atoms with Gasteiger partial charge in [-0.1, -0.05) is 50.5 Å². The number of ketones is 1. The first-order valence-electron chi connectivity index (χ1n) is 12.9. The summed E-state index contributed by atoms with van der Waals surface area (Å²) in [6.07, 6.45) is 15.9. The van der Waals surface area contributed by atoms with Gasteiger partial charge in [0.2, 0.25) is 0 Å². The number of esters is 2. The summed E-state index contributed by atoms with van der Waals surface area (Å²) in [5, 5.41) is 3.58. The number of ether oxygens (including phenoxy) is 2. The van der Waals surface area contributed by atoms with Crippen LogP contribution < -0.4 is 5.32 Å². The number of allylic oxidation sites excluding steroid dienone is 4. The summed E-state index contributed by atoms with van der Waals surface area (Å²) in [5.41, 5.74) is 0.0214. The van der Waals surface area contributed by atoms with Crippen molar-refractivity contribution in [2.24, 2.45) is 17.8 Å². The molecular weight excluding hydrogens is 430 g/mol. The molecule has 1 saturated carbocycles. The molecule has 194 valence electrons. The van der Waals surface area contributed by atoms with Gasteiger partial charge in [0.25, 0.3) is 0 Å². The number of nitrogens with one attached hydrogen (secondary N) is 1. The van der Waals surface area contributed by atoms with E-state index in [2.05, 4.69) is 45.2 Å². The molecule has 0 aromatic heterocycles. The van der Waals surface area contributed by atoms with Crippen molar-refractivity contribution in [2.75, 3.05) is 13.7 Å². The zero-order valence-corrected chi connectivity index (χ0v) is 22.2. The maximum atomic E-state index is 12.9. The van der Waals surface area contributed by atoms with E-state index in [1.807, 2.05) is 12.2 Å². The molecule has 6 nitrogen and oxygen atoms in total. The van der Waals surface area contributed by atoms with Crippen LogP contribution in [0.3, 0.4) is 0 Å². The zero-order valence-electron chi connectivity index (χ0n) is 22.2. The van der Waals surface area contributed by atoms with Crippen molar-refractivity contribution in [1.82, 2.24) is 5.32 Å². The van der Waals surface area contributed by atoms with E-state index in [0.717, 1.165) is 13.0 Å². The number of carbonyl (C=O) groups excluding carboxylic acids is 3. The van der Waals surface area contributed by atoms with Crippen molar-refractivity contribution in [3.63, 3.8) is 0 Å². The second-order valence-corrected chi connectivity index (χ2v) is 10.4. The molecule has 0 saturated heterocycles. The van der Waals surface area contributed by atoms with Gasteiger partial charge in [-0.25, -0.2) is 4.79 Å². The first-order chi connectivity index (χ1) is 16.1. The smallest absolute Gasteiger partial charge is 0.347 e. The largest absolute Gasteiger partial charge is 0.466 e. The quantitative estimate of drug-likeness (QED) is 0.189. The summed E-state index contributed by atoms with van der Waals surface area (Å²) in [6, 6.07) is 0. The average molecular weight is 478 g/mol. The highest BCUT2D eigenvalue weighted by Gasteiger charge is 2.40. The zero-order chi connectivity index (χ0) is 25.6. The first kappa shape index (κ1) is 30.1. The van der Waals surface area contributed by atoms with Crippen molar-refractivity contribution in [1.29, 1.82) is 0 Å². The first-order valence-corrected chi connectivity index (χ1v) is 12.9. The third-order valence-electron chi connectivity index (χ3n) is 6.29. The lowest BCUT2D eigenvalue weighted by Crippen LogP contribution is -2.40. The molecule has 0 aliphatic heterocycles. The summed E-state index contributed by atoms with van der Waals surface area (Å²) >= 11 is 0. The lowest BCUT2D eigenvalue weighted by Gasteiger charge is -2.26. The number of hydrogen-bond acceptors (Lipinski definition) is 6. The lowest BCUT2D eigenvalue weighted by molar-refractivity contribution is -0.165. The number of Topliss-reactive ketones (excluding diaryl/α,β-unsaturated/α-hetero) is 1. The van der Waals surface area contributed by atoms with Gasteiger partial charge in [0, 0.05) is 24.8 Å². The summed E-state index contributed by atoms with van der Waals surface area (Å²) in [6.45, 7) is 10.8. The monoisotopic (exact) mass is 477 g/mol. The van der Waals surface area contributed by atoms with Gasteiger partial charge >= 0.3 is 11.9 Å². The second-order valence-electron chi connectivity index (χ2n) is 10.4. The summed E-state index contributed by atoms with van der Waals surface area (Å²) < 4.78 is 9.76. The number of hydrogen-bond donors (Lipinski definition) is 1. The van der Waals surface area contributed by atoms with E-state index in [1.54, 1.807) is 0 Å². The van der Waals surface area contributed by atoms with E-state index in [9.17, 15) is 14.4 Å². The third kappa shape index (κ3) is 12.0. The van der Waals surface area contributed by atoms with E-state index in [0.29, 0.717) is 37.4 Å².